The van der Waals surface area contributed by atoms with Crippen LogP contribution in [0, 0.1) is 0 Å². The lowest BCUT2D eigenvalue weighted by molar-refractivity contribution is -0.143. The molecule has 178 valence electrons. The second kappa shape index (κ2) is 9.26. The number of piperazine rings is 1. The van der Waals surface area contributed by atoms with E-state index in [1.165, 1.54) is 0 Å². The van der Waals surface area contributed by atoms with E-state index in [4.69, 9.17) is 0 Å². The Morgan fingerprint density at radius 2 is 1.50 bits per heavy atom. The van der Waals surface area contributed by atoms with Crippen LogP contribution in [0.1, 0.15) is 30.9 Å². The monoisotopic (exact) mass is 466 g/mol. The predicted molar refractivity (Wildman–Crippen MR) is 104 cm³/mol. The zero-order valence-corrected chi connectivity index (χ0v) is 17.3. The minimum absolute atomic E-state index is 0.00934. The van der Waals surface area contributed by atoms with Crippen LogP contribution in [0.2, 0.25) is 0 Å². The van der Waals surface area contributed by atoms with Crippen molar-refractivity contribution in [1.82, 2.24) is 15.1 Å². The van der Waals surface area contributed by atoms with Crippen molar-refractivity contribution in [2.24, 2.45) is 0 Å². The van der Waals surface area contributed by atoms with Crippen molar-refractivity contribution in [2.45, 2.75) is 44.2 Å². The summed E-state index contributed by atoms with van der Waals surface area (Å²) in [5.74, 6) is -0.769. The third-order valence-electron chi connectivity index (χ3n) is 5.50. The standard InChI is InChI=1S/C20H24F6N4O2/c1-12(18(32)28-15-2-3-15)30-6-4-29(5-7-30)11-17(31)27-16-9-13(19(21,22)23)8-14(10-16)20(24,25)26/h8-10,12,15H,2-7,11H2,1H3,(H,27,31)(H,28,32). The maximum atomic E-state index is 13.0. The van der Waals surface area contributed by atoms with E-state index >= 15 is 0 Å². The third kappa shape index (κ3) is 6.58. The van der Waals surface area contributed by atoms with Gasteiger partial charge in [-0.05, 0) is 38.0 Å². The van der Waals surface area contributed by atoms with Crippen molar-refractivity contribution < 1.29 is 35.9 Å². The number of amides is 2. The van der Waals surface area contributed by atoms with Crippen molar-refractivity contribution in [1.29, 1.82) is 0 Å². The topological polar surface area (TPSA) is 64.7 Å². The van der Waals surface area contributed by atoms with Crippen molar-refractivity contribution in [3.63, 3.8) is 0 Å². The first-order chi connectivity index (χ1) is 14.8. The molecule has 1 saturated carbocycles. The van der Waals surface area contributed by atoms with E-state index < -0.39 is 35.1 Å². The van der Waals surface area contributed by atoms with Gasteiger partial charge in [-0.25, -0.2) is 0 Å². The summed E-state index contributed by atoms with van der Waals surface area (Å²) in [7, 11) is 0. The first-order valence-corrected chi connectivity index (χ1v) is 10.2. The number of carbonyl (C=O) groups is 2. The highest BCUT2D eigenvalue weighted by molar-refractivity contribution is 5.92. The van der Waals surface area contributed by atoms with Gasteiger partial charge in [0.2, 0.25) is 11.8 Å². The van der Waals surface area contributed by atoms with Crippen LogP contribution >= 0.6 is 0 Å². The van der Waals surface area contributed by atoms with E-state index in [1.54, 1.807) is 11.8 Å². The SMILES string of the molecule is CC(C(=O)NC1CC1)N1CCN(CC(=O)Nc2cc(C(F)(F)F)cc(C(F)(F)F)c2)CC1. The van der Waals surface area contributed by atoms with Crippen molar-refractivity contribution in [3.05, 3.63) is 29.3 Å². The number of nitrogens with one attached hydrogen (secondary N) is 2. The van der Waals surface area contributed by atoms with E-state index in [0.29, 0.717) is 38.3 Å². The highest BCUT2D eigenvalue weighted by atomic mass is 19.4. The molecule has 0 aromatic heterocycles. The normalized spacial score (nSPS) is 19.5. The zero-order valence-electron chi connectivity index (χ0n) is 17.3. The molecule has 2 fully saturated rings. The Morgan fingerprint density at radius 1 is 0.969 bits per heavy atom. The first-order valence-electron chi connectivity index (χ1n) is 10.2. The lowest BCUT2D eigenvalue weighted by Gasteiger charge is -2.37. The van der Waals surface area contributed by atoms with Crippen LogP contribution < -0.4 is 10.6 Å². The second-order valence-corrected chi connectivity index (χ2v) is 8.11. The molecule has 32 heavy (non-hydrogen) atoms. The van der Waals surface area contributed by atoms with Crippen LogP contribution in [0.4, 0.5) is 32.0 Å². The lowest BCUT2D eigenvalue weighted by atomic mass is 10.1. The number of carbonyl (C=O) groups excluding carboxylic acids is 2. The van der Waals surface area contributed by atoms with E-state index in [9.17, 15) is 35.9 Å². The molecule has 12 heteroatoms. The Kier molecular flexibility index (Phi) is 7.03. The van der Waals surface area contributed by atoms with E-state index in [2.05, 4.69) is 10.6 Å². The Labute approximate surface area is 180 Å². The van der Waals surface area contributed by atoms with E-state index in [1.807, 2.05) is 4.90 Å². The number of hydrogen-bond donors (Lipinski definition) is 2. The van der Waals surface area contributed by atoms with Crippen LogP contribution in [0.5, 0.6) is 0 Å². The summed E-state index contributed by atoms with van der Waals surface area (Å²) in [4.78, 5) is 28.1. The summed E-state index contributed by atoms with van der Waals surface area (Å²) in [6, 6.07) is 0.896. The molecule has 2 amide bonds. The molecule has 1 aromatic rings. The van der Waals surface area contributed by atoms with Gasteiger partial charge >= 0.3 is 12.4 Å². The van der Waals surface area contributed by atoms with Gasteiger partial charge in [0, 0.05) is 37.9 Å². The molecule has 1 heterocycles. The van der Waals surface area contributed by atoms with Gasteiger partial charge in [0.15, 0.2) is 0 Å². The number of hydrogen-bond acceptors (Lipinski definition) is 4. The highest BCUT2D eigenvalue weighted by Gasteiger charge is 2.37. The number of nitrogens with zero attached hydrogens (tertiary/aromatic N) is 2. The van der Waals surface area contributed by atoms with Gasteiger partial charge in [-0.3, -0.25) is 19.4 Å². The maximum Gasteiger partial charge on any atom is 0.416 e. The van der Waals surface area contributed by atoms with Gasteiger partial charge in [-0.15, -0.1) is 0 Å². The lowest BCUT2D eigenvalue weighted by Crippen LogP contribution is -2.55. The van der Waals surface area contributed by atoms with Crippen molar-refractivity contribution >= 4 is 17.5 Å². The molecular weight excluding hydrogens is 442 g/mol. The van der Waals surface area contributed by atoms with Gasteiger partial charge in [-0.1, -0.05) is 0 Å². The predicted octanol–water partition coefficient (Wildman–Crippen LogP) is 2.95. The average Bonchev–Trinajstić information content (AvgIpc) is 3.50. The summed E-state index contributed by atoms with van der Waals surface area (Å²) in [5.41, 5.74) is -3.55. The molecule has 1 aliphatic carbocycles. The molecule has 1 aromatic carbocycles. The summed E-state index contributed by atoms with van der Waals surface area (Å²) in [6.45, 7) is 3.50. The smallest absolute Gasteiger partial charge is 0.352 e. The Hall–Kier alpha value is -2.34. The minimum Gasteiger partial charge on any atom is -0.352 e. The molecule has 6 nitrogen and oxygen atoms in total. The molecular formula is C20H24F6N4O2. The Balaban J connectivity index is 1.55. The van der Waals surface area contributed by atoms with Gasteiger partial charge < -0.3 is 10.6 Å². The van der Waals surface area contributed by atoms with E-state index in [0.717, 1.165) is 12.8 Å². The molecule has 1 saturated heterocycles. The molecule has 0 bridgehead atoms. The largest absolute Gasteiger partial charge is 0.416 e. The summed E-state index contributed by atoms with van der Waals surface area (Å²) in [6.07, 6.45) is -8.01. The minimum atomic E-state index is -4.99. The molecule has 1 aliphatic heterocycles. The Bertz CT molecular complexity index is 813. The summed E-state index contributed by atoms with van der Waals surface area (Å²) < 4.78 is 77.7. The van der Waals surface area contributed by atoms with Gasteiger partial charge in [0.25, 0.3) is 0 Å². The number of anilines is 1. The fourth-order valence-corrected chi connectivity index (χ4v) is 3.45. The quantitative estimate of drug-likeness (QED) is 0.633. The number of halogens is 6. The first kappa shape index (κ1) is 24.3. The average molecular weight is 466 g/mol. The third-order valence-corrected chi connectivity index (χ3v) is 5.50. The molecule has 0 spiro atoms. The van der Waals surface area contributed by atoms with Crippen LogP contribution in [-0.2, 0) is 21.9 Å². The Morgan fingerprint density at radius 3 is 1.97 bits per heavy atom. The van der Waals surface area contributed by atoms with Crippen molar-refractivity contribution in [3.8, 4) is 0 Å². The molecule has 0 radical (unpaired) electrons. The van der Waals surface area contributed by atoms with Gasteiger partial charge in [0.1, 0.15) is 0 Å². The van der Waals surface area contributed by atoms with Crippen molar-refractivity contribution in [2.75, 3.05) is 38.0 Å². The zero-order chi connectivity index (χ0) is 23.7. The second-order valence-electron chi connectivity index (χ2n) is 8.11. The maximum absolute atomic E-state index is 13.0. The van der Waals surface area contributed by atoms with Crippen LogP contribution in [0.3, 0.4) is 0 Å². The molecule has 1 unspecified atom stereocenters. The van der Waals surface area contributed by atoms with Crippen LogP contribution in [0.15, 0.2) is 18.2 Å². The van der Waals surface area contributed by atoms with Crippen LogP contribution in [0.25, 0.3) is 0 Å². The number of benzene rings is 1. The fourth-order valence-electron chi connectivity index (χ4n) is 3.45. The molecule has 2 N–H and O–H groups in total. The highest BCUT2D eigenvalue weighted by Crippen LogP contribution is 2.37. The van der Waals surface area contributed by atoms with Gasteiger partial charge in [0.05, 0.1) is 23.7 Å². The summed E-state index contributed by atoms with van der Waals surface area (Å²) in [5, 5.41) is 5.07. The van der Waals surface area contributed by atoms with Crippen LogP contribution in [-0.4, -0.2) is 66.4 Å². The fraction of sp³-hybridized carbons (Fsp3) is 0.600. The van der Waals surface area contributed by atoms with E-state index in [-0.39, 0.29) is 30.6 Å². The summed E-state index contributed by atoms with van der Waals surface area (Å²) >= 11 is 0. The molecule has 3 rings (SSSR count). The molecule has 2 aliphatic rings. The van der Waals surface area contributed by atoms with Gasteiger partial charge in [-0.2, -0.15) is 26.3 Å². The molecule has 1 atom stereocenters. The number of rotatable bonds is 6. The number of alkyl halides is 6.